The van der Waals surface area contributed by atoms with Crippen LogP contribution in [0.1, 0.15) is 18.9 Å². The number of urea groups is 1. The zero-order valence-corrected chi connectivity index (χ0v) is 11.4. The second-order valence-corrected chi connectivity index (χ2v) is 4.75. The molecule has 6 nitrogen and oxygen atoms in total. The van der Waals surface area contributed by atoms with Crippen molar-refractivity contribution in [3.05, 3.63) is 34.9 Å². The second kappa shape index (κ2) is 5.42. The third kappa shape index (κ3) is 2.70. The Balaban J connectivity index is 2.26. The summed E-state index contributed by atoms with van der Waals surface area (Å²) in [7, 11) is 0. The van der Waals surface area contributed by atoms with Crippen LogP contribution in [0.4, 0.5) is 4.79 Å². The summed E-state index contributed by atoms with van der Waals surface area (Å²) in [4.78, 5) is 48.0. The van der Waals surface area contributed by atoms with Crippen molar-refractivity contribution in [2.75, 3.05) is 0 Å². The van der Waals surface area contributed by atoms with Crippen molar-refractivity contribution in [3.63, 3.8) is 0 Å². The maximum absolute atomic E-state index is 12.0. The lowest BCUT2D eigenvalue weighted by molar-refractivity contribution is -0.148. The first-order chi connectivity index (χ1) is 9.40. The van der Waals surface area contributed by atoms with Gasteiger partial charge in [-0.25, -0.2) is 4.79 Å². The minimum atomic E-state index is -0.918. The van der Waals surface area contributed by atoms with Gasteiger partial charge in [0.25, 0.3) is 0 Å². The van der Waals surface area contributed by atoms with Crippen molar-refractivity contribution < 1.29 is 19.2 Å². The monoisotopic (exact) mass is 294 g/mol. The maximum Gasteiger partial charge on any atom is 0.340 e. The molecule has 1 aromatic rings. The number of nitrogens with zero attached hydrogens (tertiary/aromatic N) is 2. The molecule has 0 atom stereocenters. The first kappa shape index (κ1) is 14.2. The summed E-state index contributed by atoms with van der Waals surface area (Å²) in [6.07, 6.45) is -0.494. The molecule has 0 spiro atoms. The molecule has 7 heteroatoms. The summed E-state index contributed by atoms with van der Waals surface area (Å²) < 4.78 is 0. The Bertz CT molecular complexity index is 614. The number of amides is 5. The molecule has 0 aromatic heterocycles. The highest BCUT2D eigenvalue weighted by atomic mass is 35.5. The number of imide groups is 4. The van der Waals surface area contributed by atoms with Crippen LogP contribution in [0.2, 0.25) is 5.02 Å². The van der Waals surface area contributed by atoms with Gasteiger partial charge in [0, 0.05) is 11.9 Å². The summed E-state index contributed by atoms with van der Waals surface area (Å²) in [5, 5.41) is 0.471. The van der Waals surface area contributed by atoms with Gasteiger partial charge in [-0.2, -0.15) is 4.90 Å². The predicted molar refractivity (Wildman–Crippen MR) is 69.5 cm³/mol. The molecule has 0 bridgehead atoms. The topological polar surface area (TPSA) is 74.8 Å². The number of hydrogen-bond acceptors (Lipinski definition) is 4. The lowest BCUT2D eigenvalue weighted by Gasteiger charge is -2.30. The molecular weight excluding hydrogens is 284 g/mol. The minimum Gasteiger partial charge on any atom is -0.274 e. The molecule has 5 amide bonds. The summed E-state index contributed by atoms with van der Waals surface area (Å²) in [6.45, 7) is 1.07. The zero-order chi connectivity index (χ0) is 14.9. The van der Waals surface area contributed by atoms with E-state index in [0.717, 1.165) is 11.8 Å². The standard InChI is InChI=1S/C13H11ClN2O4/c1-8(17)16-12(19)6-11(18)15(13(16)20)7-9-3-2-4-10(14)5-9/h2-5H,6-7H2,1H3. The van der Waals surface area contributed by atoms with Gasteiger partial charge in [0.05, 0.1) is 6.54 Å². The molecular formula is C13H11ClN2O4. The molecule has 0 saturated carbocycles. The molecule has 0 N–H and O–H groups in total. The van der Waals surface area contributed by atoms with Crippen LogP contribution in [-0.2, 0) is 20.9 Å². The lowest BCUT2D eigenvalue weighted by Crippen LogP contribution is -2.56. The third-order valence-electron chi connectivity index (χ3n) is 2.82. The van der Waals surface area contributed by atoms with E-state index >= 15 is 0 Å². The molecule has 0 radical (unpaired) electrons. The smallest absolute Gasteiger partial charge is 0.274 e. The van der Waals surface area contributed by atoms with E-state index in [4.69, 9.17) is 11.6 Å². The van der Waals surface area contributed by atoms with Crippen molar-refractivity contribution in [1.29, 1.82) is 0 Å². The van der Waals surface area contributed by atoms with Crippen LogP contribution in [0, 0.1) is 0 Å². The van der Waals surface area contributed by atoms with E-state index in [0.29, 0.717) is 15.5 Å². The summed E-state index contributed by atoms with van der Waals surface area (Å²) >= 11 is 5.83. The van der Waals surface area contributed by atoms with Crippen molar-refractivity contribution in [2.24, 2.45) is 0 Å². The Morgan fingerprint density at radius 3 is 2.55 bits per heavy atom. The highest BCUT2D eigenvalue weighted by Crippen LogP contribution is 2.18. The number of hydrogen-bond donors (Lipinski definition) is 0. The van der Waals surface area contributed by atoms with Crippen molar-refractivity contribution in [2.45, 2.75) is 19.9 Å². The van der Waals surface area contributed by atoms with Crippen LogP contribution in [0.3, 0.4) is 0 Å². The number of barbiturate groups is 1. The number of halogens is 1. The zero-order valence-electron chi connectivity index (χ0n) is 10.6. The Morgan fingerprint density at radius 2 is 1.95 bits per heavy atom. The van der Waals surface area contributed by atoms with E-state index in [1.807, 2.05) is 0 Å². The molecule has 1 aromatic carbocycles. The van der Waals surface area contributed by atoms with Gasteiger partial charge in [-0.1, -0.05) is 23.7 Å². The molecule has 1 fully saturated rings. The fourth-order valence-electron chi connectivity index (χ4n) is 1.92. The van der Waals surface area contributed by atoms with Crippen LogP contribution < -0.4 is 0 Å². The number of benzene rings is 1. The average molecular weight is 295 g/mol. The van der Waals surface area contributed by atoms with Gasteiger partial charge in [-0.15, -0.1) is 0 Å². The van der Waals surface area contributed by atoms with E-state index in [-0.39, 0.29) is 6.54 Å². The van der Waals surface area contributed by atoms with Gasteiger partial charge in [0.1, 0.15) is 6.42 Å². The molecule has 2 rings (SSSR count). The van der Waals surface area contributed by atoms with E-state index in [1.54, 1.807) is 24.3 Å². The van der Waals surface area contributed by atoms with Gasteiger partial charge in [0.2, 0.25) is 17.7 Å². The summed E-state index contributed by atoms with van der Waals surface area (Å²) in [6, 6.07) is 5.73. The Hall–Kier alpha value is -2.21. The number of carbonyl (C=O) groups is 4. The van der Waals surface area contributed by atoms with Crippen molar-refractivity contribution in [3.8, 4) is 0 Å². The Labute approximate surface area is 119 Å². The maximum atomic E-state index is 12.0. The number of carbonyl (C=O) groups excluding carboxylic acids is 4. The van der Waals surface area contributed by atoms with Crippen LogP contribution in [0.25, 0.3) is 0 Å². The van der Waals surface area contributed by atoms with E-state index in [9.17, 15) is 19.2 Å². The highest BCUT2D eigenvalue weighted by Gasteiger charge is 2.40. The quantitative estimate of drug-likeness (QED) is 0.776. The lowest BCUT2D eigenvalue weighted by atomic mass is 10.2. The van der Waals surface area contributed by atoms with Crippen LogP contribution in [0.15, 0.2) is 24.3 Å². The molecule has 20 heavy (non-hydrogen) atoms. The molecule has 1 aliphatic rings. The van der Waals surface area contributed by atoms with Gasteiger partial charge in [0.15, 0.2) is 0 Å². The average Bonchev–Trinajstić information content (AvgIpc) is 2.33. The van der Waals surface area contributed by atoms with Gasteiger partial charge in [-0.3, -0.25) is 19.3 Å². The molecule has 104 valence electrons. The molecule has 1 heterocycles. The first-order valence-corrected chi connectivity index (χ1v) is 6.20. The van der Waals surface area contributed by atoms with Crippen LogP contribution in [0.5, 0.6) is 0 Å². The normalized spacial score (nSPS) is 15.8. The largest absolute Gasteiger partial charge is 0.340 e. The van der Waals surface area contributed by atoms with E-state index in [2.05, 4.69) is 0 Å². The summed E-state index contributed by atoms with van der Waals surface area (Å²) in [5.74, 6) is -2.13. The minimum absolute atomic E-state index is 0.0325. The summed E-state index contributed by atoms with van der Waals surface area (Å²) in [5.41, 5.74) is 0.636. The fourth-order valence-corrected chi connectivity index (χ4v) is 2.13. The second-order valence-electron chi connectivity index (χ2n) is 4.32. The van der Waals surface area contributed by atoms with E-state index < -0.39 is 30.2 Å². The first-order valence-electron chi connectivity index (χ1n) is 5.82. The Morgan fingerprint density at radius 1 is 1.25 bits per heavy atom. The van der Waals surface area contributed by atoms with Crippen molar-refractivity contribution in [1.82, 2.24) is 9.80 Å². The van der Waals surface area contributed by atoms with Gasteiger partial charge < -0.3 is 0 Å². The third-order valence-corrected chi connectivity index (χ3v) is 3.05. The molecule has 1 saturated heterocycles. The SMILES string of the molecule is CC(=O)N1C(=O)CC(=O)N(Cc2cccc(Cl)c2)C1=O. The van der Waals surface area contributed by atoms with Crippen LogP contribution >= 0.6 is 11.6 Å². The number of rotatable bonds is 2. The Kier molecular flexibility index (Phi) is 3.85. The molecule has 0 unspecified atom stereocenters. The van der Waals surface area contributed by atoms with Gasteiger partial charge >= 0.3 is 6.03 Å². The highest BCUT2D eigenvalue weighted by molar-refractivity contribution is 6.30. The van der Waals surface area contributed by atoms with Crippen molar-refractivity contribution >= 4 is 35.4 Å². The van der Waals surface area contributed by atoms with Gasteiger partial charge in [-0.05, 0) is 17.7 Å². The van der Waals surface area contributed by atoms with Crippen LogP contribution in [-0.4, -0.2) is 33.6 Å². The molecule has 1 aliphatic heterocycles. The predicted octanol–water partition coefficient (Wildman–Crippen LogP) is 1.57. The van der Waals surface area contributed by atoms with E-state index in [1.165, 1.54) is 0 Å². The fraction of sp³-hybridized carbons (Fsp3) is 0.231. The molecule has 0 aliphatic carbocycles.